The number of nitrogens with zero attached hydrogens (tertiary/aromatic N) is 5. The number of carbonyl (C=O) groups excluding carboxylic acids is 2. The summed E-state index contributed by atoms with van der Waals surface area (Å²) in [6.45, 7) is 2.57. The number of rotatable bonds is 4. The first-order valence-electron chi connectivity index (χ1n) is 8.94. The normalized spacial score (nSPS) is 19.5. The van der Waals surface area contributed by atoms with E-state index in [0.717, 1.165) is 0 Å². The van der Waals surface area contributed by atoms with E-state index in [2.05, 4.69) is 15.1 Å². The molecule has 0 bridgehead atoms. The van der Waals surface area contributed by atoms with Gasteiger partial charge in [0.1, 0.15) is 5.69 Å². The fourth-order valence-corrected chi connectivity index (χ4v) is 3.19. The summed E-state index contributed by atoms with van der Waals surface area (Å²) in [5.41, 5.74) is 6.63. The second kappa shape index (κ2) is 9.61. The molecule has 1 aliphatic rings. The molecule has 0 aromatic carbocycles. The third kappa shape index (κ3) is 5.26. The van der Waals surface area contributed by atoms with Gasteiger partial charge in [-0.2, -0.15) is 4.98 Å². The van der Waals surface area contributed by atoms with Gasteiger partial charge in [0.25, 0.3) is 0 Å². The van der Waals surface area contributed by atoms with E-state index < -0.39 is 0 Å². The van der Waals surface area contributed by atoms with Gasteiger partial charge in [0, 0.05) is 39.3 Å². The number of amides is 2. The molecule has 0 unspecified atom stereocenters. The summed E-state index contributed by atoms with van der Waals surface area (Å²) in [6, 6.07) is 5.33. The predicted octanol–water partition coefficient (Wildman–Crippen LogP) is 1.10. The maximum absolute atomic E-state index is 12.9. The molecule has 0 aliphatic carbocycles. The largest absolute Gasteiger partial charge is 0.341 e. The van der Waals surface area contributed by atoms with Crippen molar-refractivity contribution < 1.29 is 14.1 Å². The number of hydrogen-bond acceptors (Lipinski definition) is 7. The van der Waals surface area contributed by atoms with Gasteiger partial charge in [0.2, 0.25) is 23.5 Å². The van der Waals surface area contributed by atoms with Crippen LogP contribution < -0.4 is 5.73 Å². The third-order valence-corrected chi connectivity index (χ3v) is 4.69. The molecule has 28 heavy (non-hydrogen) atoms. The molecule has 0 radical (unpaired) electrons. The lowest BCUT2D eigenvalue weighted by Crippen LogP contribution is -2.42. The lowest BCUT2D eigenvalue weighted by molar-refractivity contribution is -0.137. The SMILES string of the molecule is CC(=O)N1C[C@@H](N)CC[C@@H](C(=O)N(C)Cc2nc(-c3ccccn3)no2)C1.Cl. The van der Waals surface area contributed by atoms with Crippen LogP contribution >= 0.6 is 12.4 Å². The van der Waals surface area contributed by atoms with E-state index in [-0.39, 0.29) is 42.7 Å². The molecule has 2 amide bonds. The molecule has 1 aliphatic heterocycles. The molecule has 2 aromatic rings. The highest BCUT2D eigenvalue weighted by molar-refractivity contribution is 5.85. The zero-order valence-electron chi connectivity index (χ0n) is 15.9. The van der Waals surface area contributed by atoms with Crippen molar-refractivity contribution >= 4 is 24.2 Å². The topological polar surface area (TPSA) is 118 Å². The summed E-state index contributed by atoms with van der Waals surface area (Å²) in [5, 5.41) is 3.92. The fourth-order valence-electron chi connectivity index (χ4n) is 3.19. The molecule has 3 heterocycles. The number of halogens is 1. The van der Waals surface area contributed by atoms with E-state index in [0.29, 0.717) is 43.3 Å². The van der Waals surface area contributed by atoms with Gasteiger partial charge >= 0.3 is 0 Å². The van der Waals surface area contributed by atoms with Crippen LogP contribution in [0.5, 0.6) is 0 Å². The molecule has 0 saturated carbocycles. The van der Waals surface area contributed by atoms with Gasteiger partial charge in [0.15, 0.2) is 0 Å². The Labute approximate surface area is 169 Å². The van der Waals surface area contributed by atoms with Crippen molar-refractivity contribution in [3.05, 3.63) is 30.3 Å². The van der Waals surface area contributed by atoms with Gasteiger partial charge in [0.05, 0.1) is 12.5 Å². The van der Waals surface area contributed by atoms with Gasteiger partial charge in [-0.25, -0.2) is 0 Å². The highest BCUT2D eigenvalue weighted by Gasteiger charge is 2.30. The third-order valence-electron chi connectivity index (χ3n) is 4.69. The lowest BCUT2D eigenvalue weighted by atomic mass is 10.0. The number of carbonyl (C=O) groups is 2. The number of pyridine rings is 1. The van der Waals surface area contributed by atoms with Crippen molar-refractivity contribution in [1.29, 1.82) is 0 Å². The Morgan fingerprint density at radius 1 is 1.32 bits per heavy atom. The summed E-state index contributed by atoms with van der Waals surface area (Å²) in [7, 11) is 1.69. The van der Waals surface area contributed by atoms with Gasteiger partial charge in [-0.3, -0.25) is 14.6 Å². The van der Waals surface area contributed by atoms with Gasteiger partial charge in [-0.15, -0.1) is 12.4 Å². The Kier molecular flexibility index (Phi) is 7.47. The standard InChI is InChI=1S/C18H24N6O3.ClH/c1-12(25)24-9-13(6-7-14(19)10-24)18(26)23(2)11-16-21-17(22-27-16)15-5-3-4-8-20-15;/h3-5,8,13-14H,6-7,9-11,19H2,1-2H3;1H/t13-,14+;/m1./s1. The first kappa shape index (κ1) is 21.8. The zero-order chi connectivity index (χ0) is 19.4. The monoisotopic (exact) mass is 408 g/mol. The summed E-state index contributed by atoms with van der Waals surface area (Å²) >= 11 is 0. The molecule has 10 heteroatoms. The average molecular weight is 409 g/mol. The van der Waals surface area contributed by atoms with E-state index in [9.17, 15) is 9.59 Å². The van der Waals surface area contributed by atoms with Crippen LogP contribution in [-0.2, 0) is 16.1 Å². The smallest absolute Gasteiger partial charge is 0.246 e. The van der Waals surface area contributed by atoms with Crippen LogP contribution in [0.3, 0.4) is 0 Å². The Morgan fingerprint density at radius 2 is 2.11 bits per heavy atom. The predicted molar refractivity (Wildman–Crippen MR) is 104 cm³/mol. The fraction of sp³-hybridized carbons (Fsp3) is 0.500. The van der Waals surface area contributed by atoms with E-state index in [1.165, 1.54) is 6.92 Å². The zero-order valence-corrected chi connectivity index (χ0v) is 16.8. The number of hydrogen-bond donors (Lipinski definition) is 1. The molecule has 0 spiro atoms. The van der Waals surface area contributed by atoms with Crippen molar-refractivity contribution in [1.82, 2.24) is 24.9 Å². The first-order chi connectivity index (χ1) is 12.9. The van der Waals surface area contributed by atoms with Gasteiger partial charge in [-0.1, -0.05) is 11.2 Å². The van der Waals surface area contributed by atoms with Crippen LogP contribution in [0.25, 0.3) is 11.5 Å². The number of nitrogens with two attached hydrogens (primary N) is 1. The maximum atomic E-state index is 12.9. The van der Waals surface area contributed by atoms with E-state index >= 15 is 0 Å². The molecule has 2 N–H and O–H groups in total. The van der Waals surface area contributed by atoms with Crippen molar-refractivity contribution in [3.8, 4) is 11.5 Å². The second-order valence-electron chi connectivity index (χ2n) is 6.88. The highest BCUT2D eigenvalue weighted by Crippen LogP contribution is 2.20. The minimum absolute atomic E-state index is 0. The Bertz CT molecular complexity index is 800. The molecular formula is C18H25ClN6O3. The van der Waals surface area contributed by atoms with Gasteiger partial charge < -0.3 is 20.1 Å². The highest BCUT2D eigenvalue weighted by atomic mass is 35.5. The van der Waals surface area contributed by atoms with Crippen molar-refractivity contribution in [2.24, 2.45) is 11.7 Å². The Balaban J connectivity index is 0.00000280. The Hall–Kier alpha value is -2.52. The van der Waals surface area contributed by atoms with Crippen LogP contribution in [0.4, 0.5) is 0 Å². The summed E-state index contributed by atoms with van der Waals surface area (Å²) < 4.78 is 5.25. The molecule has 152 valence electrons. The molecule has 1 fully saturated rings. The second-order valence-corrected chi connectivity index (χ2v) is 6.88. The van der Waals surface area contributed by atoms with Crippen LogP contribution in [0.1, 0.15) is 25.7 Å². The van der Waals surface area contributed by atoms with E-state index in [4.69, 9.17) is 10.3 Å². The summed E-state index contributed by atoms with van der Waals surface area (Å²) in [6.07, 6.45) is 3.01. The Morgan fingerprint density at radius 3 is 2.79 bits per heavy atom. The molecule has 2 atom stereocenters. The lowest BCUT2D eigenvalue weighted by Gasteiger charge is -2.26. The van der Waals surface area contributed by atoms with Crippen LogP contribution in [0.2, 0.25) is 0 Å². The average Bonchev–Trinajstić information content (AvgIpc) is 3.03. The van der Waals surface area contributed by atoms with Crippen molar-refractivity contribution in [3.63, 3.8) is 0 Å². The molecular weight excluding hydrogens is 384 g/mol. The van der Waals surface area contributed by atoms with Gasteiger partial charge in [-0.05, 0) is 25.0 Å². The number of aromatic nitrogens is 3. The maximum Gasteiger partial charge on any atom is 0.246 e. The van der Waals surface area contributed by atoms with E-state index in [1.807, 2.05) is 6.07 Å². The molecule has 9 nitrogen and oxygen atoms in total. The van der Waals surface area contributed by atoms with Crippen LogP contribution in [0, 0.1) is 5.92 Å². The van der Waals surface area contributed by atoms with Crippen LogP contribution in [-0.4, -0.2) is 62.9 Å². The quantitative estimate of drug-likeness (QED) is 0.804. The molecule has 3 rings (SSSR count). The van der Waals surface area contributed by atoms with Crippen molar-refractivity contribution in [2.75, 3.05) is 20.1 Å². The van der Waals surface area contributed by atoms with E-state index in [1.54, 1.807) is 35.2 Å². The van der Waals surface area contributed by atoms with Crippen molar-refractivity contribution in [2.45, 2.75) is 32.4 Å². The molecule has 2 aromatic heterocycles. The first-order valence-corrected chi connectivity index (χ1v) is 8.94. The summed E-state index contributed by atoms with van der Waals surface area (Å²) in [5.74, 6) is 0.304. The molecule has 1 saturated heterocycles. The minimum Gasteiger partial charge on any atom is -0.341 e. The number of likely N-dealkylation sites (tertiary alicyclic amines) is 1. The summed E-state index contributed by atoms with van der Waals surface area (Å²) in [4.78, 5) is 36.3. The van der Waals surface area contributed by atoms with Crippen LogP contribution in [0.15, 0.2) is 28.9 Å². The minimum atomic E-state index is -0.286.